The molecule has 6 heteroatoms. The molecule has 0 unspecified atom stereocenters. The fourth-order valence-electron chi connectivity index (χ4n) is 2.22. The van der Waals surface area contributed by atoms with E-state index in [1.165, 1.54) is 28.9 Å². The predicted octanol–water partition coefficient (Wildman–Crippen LogP) is 4.07. The molecule has 0 bridgehead atoms. The Balaban J connectivity index is 1.99. The highest BCUT2D eigenvalue weighted by Crippen LogP contribution is 2.16. The molecule has 1 aromatic heterocycles. The van der Waals surface area contributed by atoms with E-state index in [0.717, 1.165) is 10.1 Å². The summed E-state index contributed by atoms with van der Waals surface area (Å²) in [6.45, 7) is 1.59. The molecule has 1 aromatic carbocycles. The van der Waals surface area contributed by atoms with Gasteiger partial charge in [-0.25, -0.2) is 4.98 Å². The lowest BCUT2D eigenvalue weighted by Gasteiger charge is -2.15. The first-order chi connectivity index (χ1) is 11.4. The van der Waals surface area contributed by atoms with Crippen molar-refractivity contribution in [2.75, 3.05) is 7.05 Å². The maximum Gasteiger partial charge on any atom is 0.319 e. The second-order valence-electron chi connectivity index (χ2n) is 5.88. The van der Waals surface area contributed by atoms with Crippen LogP contribution in [0.4, 0.5) is 8.78 Å². The van der Waals surface area contributed by atoms with Gasteiger partial charge in [0.15, 0.2) is 0 Å². The van der Waals surface area contributed by atoms with Crippen LogP contribution in [0, 0.1) is 0 Å². The van der Waals surface area contributed by atoms with E-state index >= 15 is 0 Å². The third kappa shape index (κ3) is 4.50. The molecule has 2 rings (SSSR count). The van der Waals surface area contributed by atoms with Crippen molar-refractivity contribution in [1.29, 1.82) is 0 Å². The second kappa shape index (κ2) is 7.86. The van der Waals surface area contributed by atoms with Crippen LogP contribution in [0.3, 0.4) is 0 Å². The lowest BCUT2D eigenvalue weighted by atomic mass is 10.0. The number of carbonyl (C=O) groups excluding carboxylic acids is 1. The molecular formula is C18H21F2N3O. The molecule has 24 heavy (non-hydrogen) atoms. The Morgan fingerprint density at radius 1 is 1.29 bits per heavy atom. The van der Waals surface area contributed by atoms with Crippen LogP contribution in [0.5, 0.6) is 0 Å². The Labute approximate surface area is 140 Å². The van der Waals surface area contributed by atoms with Crippen molar-refractivity contribution in [2.24, 2.45) is 0 Å². The normalized spacial score (nSPS) is 11.6. The second-order valence-corrected chi connectivity index (χ2v) is 5.88. The Morgan fingerprint density at radius 3 is 2.54 bits per heavy atom. The summed E-state index contributed by atoms with van der Waals surface area (Å²) in [5.74, 6) is 0.330. The highest BCUT2D eigenvalue weighted by atomic mass is 19.3. The minimum atomic E-state index is -2.67. The molecule has 1 heterocycles. The van der Waals surface area contributed by atoms with E-state index in [0.29, 0.717) is 5.92 Å². The molecule has 2 aromatic rings. The summed E-state index contributed by atoms with van der Waals surface area (Å²) >= 11 is 0. The molecule has 0 atom stereocenters. The van der Waals surface area contributed by atoms with E-state index in [1.807, 2.05) is 24.3 Å². The average molecular weight is 333 g/mol. The fourth-order valence-corrected chi connectivity index (χ4v) is 2.22. The maximum atomic E-state index is 12.8. The maximum absolute atomic E-state index is 12.8. The van der Waals surface area contributed by atoms with Gasteiger partial charge in [-0.3, -0.25) is 9.36 Å². The van der Waals surface area contributed by atoms with Crippen molar-refractivity contribution >= 4 is 12.0 Å². The van der Waals surface area contributed by atoms with Gasteiger partial charge in [-0.05, 0) is 23.1 Å². The van der Waals surface area contributed by atoms with Crippen LogP contribution in [0.1, 0.15) is 43.3 Å². The van der Waals surface area contributed by atoms with Crippen LogP contribution in [-0.4, -0.2) is 27.4 Å². The standard InChI is InChI=1S/C18H21F2N3O/c1-13(2)15-7-4-14(5-8-15)6-9-17(24)22(3)12-16-21-10-11-23(16)18(19)20/h4-11,13,18H,12H2,1-3H3/b9-6+. The summed E-state index contributed by atoms with van der Waals surface area (Å²) in [6, 6.07) is 7.95. The summed E-state index contributed by atoms with van der Waals surface area (Å²) in [4.78, 5) is 17.3. The van der Waals surface area contributed by atoms with Gasteiger partial charge in [0.25, 0.3) is 0 Å². The number of likely N-dealkylation sites (N-methyl/N-ethyl adjacent to an activating group) is 1. The van der Waals surface area contributed by atoms with E-state index in [1.54, 1.807) is 13.1 Å². The number of carbonyl (C=O) groups is 1. The first-order valence-electron chi connectivity index (χ1n) is 7.71. The first kappa shape index (κ1) is 17.8. The van der Waals surface area contributed by atoms with Crippen LogP contribution >= 0.6 is 0 Å². The van der Waals surface area contributed by atoms with Gasteiger partial charge < -0.3 is 4.90 Å². The monoisotopic (exact) mass is 333 g/mol. The molecule has 0 aliphatic heterocycles. The van der Waals surface area contributed by atoms with Crippen molar-refractivity contribution < 1.29 is 13.6 Å². The smallest absolute Gasteiger partial charge is 0.319 e. The Morgan fingerprint density at radius 2 is 1.96 bits per heavy atom. The molecule has 128 valence electrons. The van der Waals surface area contributed by atoms with Crippen molar-refractivity contribution in [2.45, 2.75) is 32.9 Å². The van der Waals surface area contributed by atoms with Gasteiger partial charge >= 0.3 is 6.55 Å². The molecule has 0 saturated carbocycles. The quantitative estimate of drug-likeness (QED) is 0.747. The molecule has 1 amide bonds. The van der Waals surface area contributed by atoms with Crippen molar-refractivity contribution in [1.82, 2.24) is 14.5 Å². The van der Waals surface area contributed by atoms with Crippen LogP contribution in [0.25, 0.3) is 6.08 Å². The molecular weight excluding hydrogens is 312 g/mol. The SMILES string of the molecule is CC(C)c1ccc(/C=C/C(=O)N(C)Cc2nccn2C(F)F)cc1. The number of benzene rings is 1. The van der Waals surface area contributed by atoms with Crippen LogP contribution in [0.2, 0.25) is 0 Å². The number of alkyl halides is 2. The lowest BCUT2D eigenvalue weighted by Crippen LogP contribution is -2.26. The van der Waals surface area contributed by atoms with E-state index < -0.39 is 6.55 Å². The van der Waals surface area contributed by atoms with Gasteiger partial charge in [0.2, 0.25) is 5.91 Å². The van der Waals surface area contributed by atoms with Gasteiger partial charge in [-0.1, -0.05) is 38.1 Å². The average Bonchev–Trinajstić information content (AvgIpc) is 3.01. The number of amides is 1. The predicted molar refractivity (Wildman–Crippen MR) is 89.5 cm³/mol. The summed E-state index contributed by atoms with van der Waals surface area (Å²) in [7, 11) is 1.55. The van der Waals surface area contributed by atoms with E-state index in [9.17, 15) is 13.6 Å². The largest absolute Gasteiger partial charge is 0.335 e. The zero-order valence-corrected chi connectivity index (χ0v) is 14.0. The lowest BCUT2D eigenvalue weighted by molar-refractivity contribution is -0.125. The number of imidazole rings is 1. The Bertz CT molecular complexity index is 705. The van der Waals surface area contributed by atoms with Crippen molar-refractivity contribution in [3.63, 3.8) is 0 Å². The van der Waals surface area contributed by atoms with E-state index in [-0.39, 0.29) is 18.3 Å². The topological polar surface area (TPSA) is 38.1 Å². The van der Waals surface area contributed by atoms with Crippen LogP contribution in [-0.2, 0) is 11.3 Å². The molecule has 0 spiro atoms. The van der Waals surface area contributed by atoms with Gasteiger partial charge in [-0.2, -0.15) is 8.78 Å². The third-order valence-electron chi connectivity index (χ3n) is 3.74. The molecule has 0 saturated heterocycles. The summed E-state index contributed by atoms with van der Waals surface area (Å²) in [6.07, 6.45) is 5.64. The minimum absolute atomic E-state index is 0.0206. The number of rotatable bonds is 6. The number of halogens is 2. The van der Waals surface area contributed by atoms with Gasteiger partial charge in [-0.15, -0.1) is 0 Å². The van der Waals surface area contributed by atoms with Gasteiger partial charge in [0.1, 0.15) is 5.82 Å². The fraction of sp³-hybridized carbons (Fsp3) is 0.333. The number of aromatic nitrogens is 2. The number of nitrogens with zero attached hydrogens (tertiary/aromatic N) is 3. The zero-order chi connectivity index (χ0) is 17.7. The van der Waals surface area contributed by atoms with Crippen molar-refractivity contribution in [3.8, 4) is 0 Å². The zero-order valence-electron chi connectivity index (χ0n) is 14.0. The Hall–Kier alpha value is -2.50. The van der Waals surface area contributed by atoms with Crippen LogP contribution in [0.15, 0.2) is 42.7 Å². The van der Waals surface area contributed by atoms with Gasteiger partial charge in [0.05, 0.1) is 6.54 Å². The first-order valence-corrected chi connectivity index (χ1v) is 7.71. The molecule has 0 aliphatic carbocycles. The van der Waals surface area contributed by atoms with Crippen LogP contribution < -0.4 is 0 Å². The molecule has 0 fully saturated rings. The number of hydrogen-bond acceptors (Lipinski definition) is 2. The molecule has 0 aliphatic rings. The van der Waals surface area contributed by atoms with E-state index in [4.69, 9.17) is 0 Å². The van der Waals surface area contributed by atoms with Gasteiger partial charge in [0, 0.05) is 25.5 Å². The van der Waals surface area contributed by atoms with Crippen molar-refractivity contribution in [3.05, 3.63) is 59.7 Å². The third-order valence-corrected chi connectivity index (χ3v) is 3.74. The number of hydrogen-bond donors (Lipinski definition) is 0. The summed E-state index contributed by atoms with van der Waals surface area (Å²) in [5, 5.41) is 0. The highest BCUT2D eigenvalue weighted by Gasteiger charge is 2.14. The van der Waals surface area contributed by atoms with E-state index in [2.05, 4.69) is 18.8 Å². The molecule has 0 radical (unpaired) electrons. The Kier molecular flexibility index (Phi) is 5.84. The summed E-state index contributed by atoms with van der Waals surface area (Å²) in [5.41, 5.74) is 2.14. The molecule has 4 nitrogen and oxygen atoms in total. The molecule has 0 N–H and O–H groups in total. The highest BCUT2D eigenvalue weighted by molar-refractivity contribution is 5.91. The minimum Gasteiger partial charge on any atom is -0.335 e. The summed E-state index contributed by atoms with van der Waals surface area (Å²) < 4.78 is 26.3.